The molecule has 0 aliphatic carbocycles. The lowest BCUT2D eigenvalue weighted by Gasteiger charge is -2.11. The summed E-state index contributed by atoms with van der Waals surface area (Å²) in [7, 11) is 3.19. The Labute approximate surface area is 140 Å². The molecule has 0 bridgehead atoms. The van der Waals surface area contributed by atoms with Gasteiger partial charge in [0.1, 0.15) is 11.5 Å². The van der Waals surface area contributed by atoms with Gasteiger partial charge in [0.15, 0.2) is 0 Å². The first-order valence-electron chi connectivity index (χ1n) is 7.13. The van der Waals surface area contributed by atoms with E-state index in [1.54, 1.807) is 56.7 Å². The van der Waals surface area contributed by atoms with E-state index >= 15 is 0 Å². The largest absolute Gasteiger partial charge is 0.497 e. The van der Waals surface area contributed by atoms with E-state index in [9.17, 15) is 4.79 Å². The van der Waals surface area contributed by atoms with Gasteiger partial charge in [0, 0.05) is 23.7 Å². The molecule has 0 heterocycles. The highest BCUT2D eigenvalue weighted by Crippen LogP contribution is 2.27. The van der Waals surface area contributed by atoms with Crippen molar-refractivity contribution >= 4 is 28.9 Å². The summed E-state index contributed by atoms with van der Waals surface area (Å²) >= 11 is 5.96. The predicted molar refractivity (Wildman–Crippen MR) is 92.7 cm³/mol. The van der Waals surface area contributed by atoms with Crippen molar-refractivity contribution in [2.75, 3.05) is 31.4 Å². The molecule has 0 aliphatic heterocycles. The normalized spacial score (nSPS) is 10.0. The Balaban J connectivity index is 1.83. The summed E-state index contributed by atoms with van der Waals surface area (Å²) in [5, 5.41) is 6.58. The maximum atomic E-state index is 11.9. The molecule has 23 heavy (non-hydrogen) atoms. The lowest BCUT2D eigenvalue weighted by Crippen LogP contribution is -2.16. The quantitative estimate of drug-likeness (QED) is 0.808. The van der Waals surface area contributed by atoms with Crippen LogP contribution in [-0.4, -0.2) is 26.7 Å². The average molecular weight is 335 g/mol. The van der Waals surface area contributed by atoms with Crippen molar-refractivity contribution in [3.8, 4) is 11.5 Å². The fourth-order valence-corrected chi connectivity index (χ4v) is 2.20. The number of rotatable bonds is 7. The van der Waals surface area contributed by atoms with Gasteiger partial charge in [0.25, 0.3) is 0 Å². The van der Waals surface area contributed by atoms with Crippen molar-refractivity contribution in [1.82, 2.24) is 0 Å². The van der Waals surface area contributed by atoms with Crippen LogP contribution >= 0.6 is 11.6 Å². The van der Waals surface area contributed by atoms with Crippen LogP contribution in [0.4, 0.5) is 11.4 Å². The second-order valence-corrected chi connectivity index (χ2v) is 5.23. The first-order chi connectivity index (χ1) is 11.1. The Bertz CT molecular complexity index is 659. The highest BCUT2D eigenvalue weighted by molar-refractivity contribution is 6.30. The first kappa shape index (κ1) is 17.0. The zero-order valence-electron chi connectivity index (χ0n) is 13.1. The minimum atomic E-state index is -0.0799. The fraction of sp³-hybridized carbons (Fsp3) is 0.235. The molecule has 0 atom stereocenters. The van der Waals surface area contributed by atoms with Crippen molar-refractivity contribution in [2.45, 2.75) is 6.42 Å². The van der Waals surface area contributed by atoms with Crippen LogP contribution in [0.3, 0.4) is 0 Å². The van der Waals surface area contributed by atoms with E-state index in [-0.39, 0.29) is 5.91 Å². The van der Waals surface area contributed by atoms with E-state index in [0.717, 1.165) is 17.1 Å². The molecular formula is C17H19ClN2O3. The van der Waals surface area contributed by atoms with Gasteiger partial charge in [-0.3, -0.25) is 4.79 Å². The zero-order chi connectivity index (χ0) is 16.7. The molecular weight excluding hydrogens is 316 g/mol. The van der Waals surface area contributed by atoms with Crippen LogP contribution in [0, 0.1) is 0 Å². The van der Waals surface area contributed by atoms with Gasteiger partial charge in [-0.15, -0.1) is 0 Å². The van der Waals surface area contributed by atoms with Gasteiger partial charge in [0.2, 0.25) is 5.91 Å². The minimum Gasteiger partial charge on any atom is -0.497 e. The number of carbonyl (C=O) groups excluding carboxylic acids is 1. The molecule has 0 saturated heterocycles. The number of nitrogens with one attached hydrogen (secondary N) is 2. The summed E-state index contributed by atoms with van der Waals surface area (Å²) in [6.07, 6.45) is 0.321. The van der Waals surface area contributed by atoms with E-state index in [1.807, 2.05) is 0 Å². The molecule has 0 aliphatic rings. The van der Waals surface area contributed by atoms with Crippen LogP contribution in [-0.2, 0) is 4.79 Å². The van der Waals surface area contributed by atoms with Crippen LogP contribution in [0.2, 0.25) is 5.02 Å². The lowest BCUT2D eigenvalue weighted by molar-refractivity contribution is -0.115. The average Bonchev–Trinajstić information content (AvgIpc) is 2.56. The SMILES string of the molecule is COc1ccc(NC(=O)CCNc2cc(Cl)ccc2OC)cc1. The molecule has 0 aromatic heterocycles. The molecule has 6 heteroatoms. The van der Waals surface area contributed by atoms with Crippen molar-refractivity contribution in [3.05, 3.63) is 47.5 Å². The smallest absolute Gasteiger partial charge is 0.226 e. The molecule has 0 unspecified atom stereocenters. The van der Waals surface area contributed by atoms with E-state index in [0.29, 0.717) is 23.7 Å². The Morgan fingerprint density at radius 2 is 1.83 bits per heavy atom. The number of methoxy groups -OCH3 is 2. The van der Waals surface area contributed by atoms with Crippen LogP contribution in [0.15, 0.2) is 42.5 Å². The Kier molecular flexibility index (Phi) is 6.11. The van der Waals surface area contributed by atoms with Gasteiger partial charge >= 0.3 is 0 Å². The molecule has 2 rings (SSSR count). The Hall–Kier alpha value is -2.40. The number of hydrogen-bond donors (Lipinski definition) is 2. The monoisotopic (exact) mass is 334 g/mol. The Morgan fingerprint density at radius 3 is 2.48 bits per heavy atom. The van der Waals surface area contributed by atoms with Gasteiger partial charge < -0.3 is 20.1 Å². The number of hydrogen-bond acceptors (Lipinski definition) is 4. The van der Waals surface area contributed by atoms with Gasteiger partial charge in [0.05, 0.1) is 19.9 Å². The third-order valence-electron chi connectivity index (χ3n) is 3.20. The molecule has 0 saturated carbocycles. The van der Waals surface area contributed by atoms with Gasteiger partial charge in [-0.1, -0.05) is 11.6 Å². The van der Waals surface area contributed by atoms with E-state index in [2.05, 4.69) is 10.6 Å². The Morgan fingerprint density at radius 1 is 1.09 bits per heavy atom. The lowest BCUT2D eigenvalue weighted by atomic mass is 10.2. The van der Waals surface area contributed by atoms with Crippen LogP contribution in [0.1, 0.15) is 6.42 Å². The van der Waals surface area contributed by atoms with Gasteiger partial charge in [-0.05, 0) is 42.5 Å². The van der Waals surface area contributed by atoms with Crippen LogP contribution < -0.4 is 20.1 Å². The van der Waals surface area contributed by atoms with E-state index < -0.39 is 0 Å². The maximum Gasteiger partial charge on any atom is 0.226 e. The number of carbonyl (C=O) groups is 1. The van der Waals surface area contributed by atoms with Gasteiger partial charge in [-0.25, -0.2) is 0 Å². The third-order valence-corrected chi connectivity index (χ3v) is 3.44. The topological polar surface area (TPSA) is 59.6 Å². The molecule has 122 valence electrons. The zero-order valence-corrected chi connectivity index (χ0v) is 13.8. The molecule has 0 fully saturated rings. The molecule has 2 aromatic rings. The summed E-state index contributed by atoms with van der Waals surface area (Å²) in [4.78, 5) is 11.9. The van der Waals surface area contributed by atoms with E-state index in [4.69, 9.17) is 21.1 Å². The first-order valence-corrected chi connectivity index (χ1v) is 7.51. The van der Waals surface area contributed by atoms with Crippen molar-refractivity contribution in [1.29, 1.82) is 0 Å². The summed E-state index contributed by atoms with van der Waals surface area (Å²) in [5.74, 6) is 1.35. The predicted octanol–water partition coefficient (Wildman–Crippen LogP) is 3.80. The maximum absolute atomic E-state index is 11.9. The number of anilines is 2. The van der Waals surface area contributed by atoms with Crippen molar-refractivity contribution < 1.29 is 14.3 Å². The number of halogens is 1. The van der Waals surface area contributed by atoms with E-state index in [1.165, 1.54) is 0 Å². The van der Waals surface area contributed by atoms with Crippen molar-refractivity contribution in [3.63, 3.8) is 0 Å². The van der Waals surface area contributed by atoms with Crippen LogP contribution in [0.5, 0.6) is 11.5 Å². The van der Waals surface area contributed by atoms with Crippen molar-refractivity contribution in [2.24, 2.45) is 0 Å². The summed E-state index contributed by atoms with van der Waals surface area (Å²) in [5.41, 5.74) is 1.49. The summed E-state index contributed by atoms with van der Waals surface area (Å²) in [6.45, 7) is 0.471. The summed E-state index contributed by atoms with van der Waals surface area (Å²) < 4.78 is 10.3. The van der Waals surface area contributed by atoms with Crippen LogP contribution in [0.25, 0.3) is 0 Å². The van der Waals surface area contributed by atoms with Gasteiger partial charge in [-0.2, -0.15) is 0 Å². The minimum absolute atomic E-state index is 0.0799. The second-order valence-electron chi connectivity index (χ2n) is 4.80. The number of benzene rings is 2. The summed E-state index contributed by atoms with van der Waals surface area (Å²) in [6, 6.07) is 12.5. The standard InChI is InChI=1S/C17H19ClN2O3/c1-22-14-6-4-13(5-7-14)20-17(21)9-10-19-15-11-12(18)3-8-16(15)23-2/h3-8,11,19H,9-10H2,1-2H3,(H,20,21). The highest BCUT2D eigenvalue weighted by Gasteiger charge is 2.06. The third kappa shape index (κ3) is 5.07. The highest BCUT2D eigenvalue weighted by atomic mass is 35.5. The fourth-order valence-electron chi connectivity index (χ4n) is 2.03. The molecule has 1 amide bonds. The number of ether oxygens (including phenoxy) is 2. The second kappa shape index (κ2) is 8.29. The number of amides is 1. The molecule has 5 nitrogen and oxygen atoms in total. The molecule has 2 aromatic carbocycles. The molecule has 0 radical (unpaired) electrons. The molecule has 2 N–H and O–H groups in total. The molecule has 0 spiro atoms.